The summed E-state index contributed by atoms with van der Waals surface area (Å²) in [6, 6.07) is 3.51. The summed E-state index contributed by atoms with van der Waals surface area (Å²) < 4.78 is 0.853. The molecular formula is C11H14BrClN2O. The van der Waals surface area contributed by atoms with Crippen molar-refractivity contribution in [3.8, 4) is 0 Å². The molecule has 0 radical (unpaired) electrons. The molecule has 2 atom stereocenters. The smallest absolute Gasteiger partial charge is 0.270 e. The highest BCUT2D eigenvalue weighted by molar-refractivity contribution is 9.10. The Morgan fingerprint density at radius 2 is 2.25 bits per heavy atom. The van der Waals surface area contributed by atoms with E-state index in [1.807, 2.05) is 13.8 Å². The lowest BCUT2D eigenvalue weighted by Crippen LogP contribution is -2.34. The number of hydrogen-bond donors (Lipinski definition) is 1. The molecule has 1 amide bonds. The number of halogens is 2. The Hall–Kier alpha value is -0.610. The number of aromatic nitrogens is 1. The zero-order valence-electron chi connectivity index (χ0n) is 9.21. The van der Waals surface area contributed by atoms with Crippen LogP contribution in [-0.4, -0.2) is 22.3 Å². The molecule has 0 fully saturated rings. The molecule has 0 aliphatic carbocycles. The van der Waals surface area contributed by atoms with E-state index >= 15 is 0 Å². The van der Waals surface area contributed by atoms with Gasteiger partial charge in [0.2, 0.25) is 0 Å². The lowest BCUT2D eigenvalue weighted by Gasteiger charge is -2.14. The van der Waals surface area contributed by atoms with Gasteiger partial charge in [0.15, 0.2) is 0 Å². The molecule has 2 unspecified atom stereocenters. The molecule has 0 saturated carbocycles. The first kappa shape index (κ1) is 13.5. The number of rotatable bonds is 4. The molecule has 88 valence electrons. The van der Waals surface area contributed by atoms with Crippen LogP contribution in [-0.2, 0) is 0 Å². The van der Waals surface area contributed by atoms with Gasteiger partial charge in [0.05, 0.1) is 0 Å². The van der Waals surface area contributed by atoms with Gasteiger partial charge < -0.3 is 5.32 Å². The number of alkyl halides is 1. The summed E-state index contributed by atoms with van der Waals surface area (Å²) in [4.78, 5) is 15.7. The fourth-order valence-corrected chi connectivity index (χ4v) is 1.86. The van der Waals surface area contributed by atoms with E-state index in [4.69, 9.17) is 11.6 Å². The minimum absolute atomic E-state index is 0.0467. The summed E-state index contributed by atoms with van der Waals surface area (Å²) in [5.74, 6) is -0.169. The van der Waals surface area contributed by atoms with Gasteiger partial charge in [-0.1, -0.05) is 0 Å². The third-order valence-corrected chi connectivity index (χ3v) is 2.66. The van der Waals surface area contributed by atoms with E-state index < -0.39 is 0 Å². The van der Waals surface area contributed by atoms with E-state index in [2.05, 4.69) is 26.2 Å². The standard InChI is InChI=1S/C11H14BrClN2O/c1-7(13)5-8(2)15-11(16)10-4-3-9(12)6-14-10/h3-4,6-8H,5H2,1-2H3,(H,15,16). The molecule has 1 N–H and O–H groups in total. The van der Waals surface area contributed by atoms with Crippen molar-refractivity contribution in [1.82, 2.24) is 10.3 Å². The van der Waals surface area contributed by atoms with Crippen molar-refractivity contribution in [2.24, 2.45) is 0 Å². The molecule has 0 aromatic carbocycles. The van der Waals surface area contributed by atoms with Crippen molar-refractivity contribution >= 4 is 33.4 Å². The van der Waals surface area contributed by atoms with Crippen molar-refractivity contribution in [2.45, 2.75) is 31.7 Å². The fourth-order valence-electron chi connectivity index (χ4n) is 1.35. The van der Waals surface area contributed by atoms with E-state index in [-0.39, 0.29) is 17.3 Å². The first-order valence-electron chi connectivity index (χ1n) is 5.05. The average Bonchev–Trinajstić information content (AvgIpc) is 2.16. The van der Waals surface area contributed by atoms with Gasteiger partial charge in [0.25, 0.3) is 5.91 Å². The minimum atomic E-state index is -0.169. The molecule has 0 spiro atoms. The van der Waals surface area contributed by atoms with Gasteiger partial charge in [-0.15, -0.1) is 11.6 Å². The predicted molar refractivity (Wildman–Crippen MR) is 68.8 cm³/mol. The molecule has 3 nitrogen and oxygen atoms in total. The fraction of sp³-hybridized carbons (Fsp3) is 0.455. The second kappa shape index (κ2) is 6.21. The van der Waals surface area contributed by atoms with Crippen LogP contribution in [0.1, 0.15) is 30.8 Å². The van der Waals surface area contributed by atoms with E-state index in [0.29, 0.717) is 5.69 Å². The van der Waals surface area contributed by atoms with Crippen LogP contribution in [0.25, 0.3) is 0 Å². The van der Waals surface area contributed by atoms with Crippen LogP contribution < -0.4 is 5.32 Å². The van der Waals surface area contributed by atoms with Crippen molar-refractivity contribution in [3.63, 3.8) is 0 Å². The maximum absolute atomic E-state index is 11.7. The second-order valence-corrected chi connectivity index (χ2v) is 5.41. The van der Waals surface area contributed by atoms with Crippen LogP contribution in [0.2, 0.25) is 0 Å². The third-order valence-electron chi connectivity index (χ3n) is 2.02. The highest BCUT2D eigenvalue weighted by Gasteiger charge is 2.12. The van der Waals surface area contributed by atoms with Crippen LogP contribution >= 0.6 is 27.5 Å². The molecule has 0 bridgehead atoms. The lowest BCUT2D eigenvalue weighted by atomic mass is 10.2. The topological polar surface area (TPSA) is 42.0 Å². The second-order valence-electron chi connectivity index (χ2n) is 3.75. The Morgan fingerprint density at radius 1 is 1.56 bits per heavy atom. The normalized spacial score (nSPS) is 14.2. The van der Waals surface area contributed by atoms with Gasteiger partial charge >= 0.3 is 0 Å². The third kappa shape index (κ3) is 4.49. The number of pyridine rings is 1. The highest BCUT2D eigenvalue weighted by Crippen LogP contribution is 2.08. The van der Waals surface area contributed by atoms with Crippen LogP contribution in [0.5, 0.6) is 0 Å². The van der Waals surface area contributed by atoms with E-state index in [1.165, 1.54) is 0 Å². The number of nitrogens with one attached hydrogen (secondary N) is 1. The number of hydrogen-bond acceptors (Lipinski definition) is 2. The molecule has 1 heterocycles. The van der Waals surface area contributed by atoms with Crippen LogP contribution in [0.4, 0.5) is 0 Å². The largest absolute Gasteiger partial charge is 0.348 e. The Bertz CT molecular complexity index is 354. The number of nitrogens with zero attached hydrogens (tertiary/aromatic N) is 1. The van der Waals surface area contributed by atoms with E-state index in [9.17, 15) is 4.79 Å². The van der Waals surface area contributed by atoms with Gasteiger partial charge in [0, 0.05) is 22.1 Å². The van der Waals surface area contributed by atoms with Crippen molar-refractivity contribution < 1.29 is 4.79 Å². The Balaban J connectivity index is 2.55. The molecule has 0 saturated heterocycles. The van der Waals surface area contributed by atoms with Crippen LogP contribution in [0, 0.1) is 0 Å². The zero-order chi connectivity index (χ0) is 12.1. The van der Waals surface area contributed by atoms with E-state index in [1.54, 1.807) is 18.3 Å². The number of carbonyl (C=O) groups is 1. The molecule has 0 aliphatic rings. The van der Waals surface area contributed by atoms with Crippen molar-refractivity contribution in [3.05, 3.63) is 28.5 Å². The highest BCUT2D eigenvalue weighted by atomic mass is 79.9. The molecular weight excluding hydrogens is 291 g/mol. The Kier molecular flexibility index (Phi) is 5.22. The van der Waals surface area contributed by atoms with Crippen LogP contribution in [0.15, 0.2) is 22.8 Å². The summed E-state index contributed by atoms with van der Waals surface area (Å²) in [6.07, 6.45) is 2.34. The molecule has 0 aliphatic heterocycles. The minimum Gasteiger partial charge on any atom is -0.348 e. The Labute approximate surface area is 109 Å². The predicted octanol–water partition coefficient (Wildman–Crippen LogP) is 2.98. The quantitative estimate of drug-likeness (QED) is 0.869. The SMILES string of the molecule is CC(Cl)CC(C)NC(=O)c1ccc(Br)cn1. The summed E-state index contributed by atoms with van der Waals surface area (Å²) in [5.41, 5.74) is 0.414. The summed E-state index contributed by atoms with van der Waals surface area (Å²) in [6.45, 7) is 3.83. The first-order chi connectivity index (χ1) is 7.49. The zero-order valence-corrected chi connectivity index (χ0v) is 11.5. The number of amides is 1. The molecule has 1 aromatic rings. The van der Waals surface area contributed by atoms with Gasteiger partial charge in [-0.2, -0.15) is 0 Å². The van der Waals surface area contributed by atoms with Crippen LogP contribution in [0.3, 0.4) is 0 Å². The van der Waals surface area contributed by atoms with Crippen molar-refractivity contribution in [2.75, 3.05) is 0 Å². The van der Waals surface area contributed by atoms with E-state index in [0.717, 1.165) is 10.9 Å². The van der Waals surface area contributed by atoms with Crippen molar-refractivity contribution in [1.29, 1.82) is 0 Å². The summed E-state index contributed by atoms with van der Waals surface area (Å²) in [5, 5.41) is 2.90. The van der Waals surface area contributed by atoms with Gasteiger partial charge in [-0.25, -0.2) is 4.98 Å². The number of carbonyl (C=O) groups excluding carboxylic acids is 1. The summed E-state index contributed by atoms with van der Waals surface area (Å²) >= 11 is 9.12. The summed E-state index contributed by atoms with van der Waals surface area (Å²) in [7, 11) is 0. The van der Waals surface area contributed by atoms with Gasteiger partial charge in [0.1, 0.15) is 5.69 Å². The molecule has 1 aromatic heterocycles. The van der Waals surface area contributed by atoms with Gasteiger partial charge in [-0.05, 0) is 48.3 Å². The van der Waals surface area contributed by atoms with Gasteiger partial charge in [-0.3, -0.25) is 4.79 Å². The molecule has 5 heteroatoms. The maximum atomic E-state index is 11.7. The monoisotopic (exact) mass is 304 g/mol. The maximum Gasteiger partial charge on any atom is 0.270 e. The molecule has 1 rings (SSSR count). The average molecular weight is 306 g/mol. The molecule has 16 heavy (non-hydrogen) atoms. The lowest BCUT2D eigenvalue weighted by molar-refractivity contribution is 0.0933. The Morgan fingerprint density at radius 3 is 2.75 bits per heavy atom. The first-order valence-corrected chi connectivity index (χ1v) is 6.28.